The number of aliphatic hydroxyl groups is 1. The molecule has 21 heavy (non-hydrogen) atoms. The summed E-state index contributed by atoms with van der Waals surface area (Å²) in [7, 11) is 0. The van der Waals surface area contributed by atoms with E-state index >= 15 is 0 Å². The van der Waals surface area contributed by atoms with Crippen LogP contribution in [0.2, 0.25) is 0 Å². The lowest BCUT2D eigenvalue weighted by Gasteiger charge is -2.10. The molecule has 0 saturated heterocycles. The summed E-state index contributed by atoms with van der Waals surface area (Å²) < 4.78 is 5.53. The van der Waals surface area contributed by atoms with Crippen LogP contribution >= 0.6 is 0 Å². The van der Waals surface area contributed by atoms with Crippen LogP contribution in [0.5, 0.6) is 5.75 Å². The first kappa shape index (κ1) is 15.3. The molecule has 3 heteroatoms. The van der Waals surface area contributed by atoms with Crippen LogP contribution in [0.25, 0.3) is 0 Å². The van der Waals surface area contributed by atoms with Crippen molar-refractivity contribution in [1.82, 2.24) is 0 Å². The van der Waals surface area contributed by atoms with Crippen molar-refractivity contribution in [2.75, 3.05) is 6.61 Å². The predicted octanol–water partition coefficient (Wildman–Crippen LogP) is 3.37. The molecule has 2 aromatic carbocycles. The number of carbonyl (C=O) groups is 1. The van der Waals surface area contributed by atoms with E-state index < -0.39 is 0 Å². The molecule has 3 nitrogen and oxygen atoms in total. The minimum absolute atomic E-state index is 0.00176. The van der Waals surface area contributed by atoms with Crippen LogP contribution in [0.3, 0.4) is 0 Å². The molecule has 0 aliphatic heterocycles. The summed E-state index contributed by atoms with van der Waals surface area (Å²) in [5, 5.41) is 9.09. The van der Waals surface area contributed by atoms with E-state index in [0.717, 1.165) is 16.7 Å². The van der Waals surface area contributed by atoms with Crippen molar-refractivity contribution in [2.45, 2.75) is 27.4 Å². The molecule has 0 fully saturated rings. The van der Waals surface area contributed by atoms with Gasteiger partial charge in [0.25, 0.3) is 0 Å². The van der Waals surface area contributed by atoms with E-state index in [1.165, 1.54) is 5.56 Å². The normalized spacial score (nSPS) is 10.5. The predicted molar refractivity (Wildman–Crippen MR) is 82.8 cm³/mol. The number of aryl methyl sites for hydroxylation is 3. The van der Waals surface area contributed by atoms with E-state index in [0.29, 0.717) is 11.3 Å². The fourth-order valence-electron chi connectivity index (χ4n) is 2.22. The Hall–Kier alpha value is -2.13. The molecule has 0 amide bonds. The third kappa shape index (κ3) is 3.70. The van der Waals surface area contributed by atoms with Gasteiger partial charge in [-0.1, -0.05) is 18.2 Å². The molecule has 0 radical (unpaired) electrons. The van der Waals surface area contributed by atoms with Crippen molar-refractivity contribution in [3.8, 4) is 5.75 Å². The monoisotopic (exact) mass is 284 g/mol. The van der Waals surface area contributed by atoms with Gasteiger partial charge in [-0.25, -0.2) is 0 Å². The molecule has 0 aliphatic carbocycles. The van der Waals surface area contributed by atoms with Gasteiger partial charge in [-0.3, -0.25) is 4.79 Å². The van der Waals surface area contributed by atoms with E-state index in [-0.39, 0.29) is 19.0 Å². The van der Waals surface area contributed by atoms with Gasteiger partial charge in [0.1, 0.15) is 5.75 Å². The Balaban J connectivity index is 2.10. The SMILES string of the molecule is Cc1cc(C)c(C(=O)COc2cccc(CO)c2)cc1C. The summed E-state index contributed by atoms with van der Waals surface area (Å²) in [6, 6.07) is 11.1. The molecule has 110 valence electrons. The highest BCUT2D eigenvalue weighted by Gasteiger charge is 2.11. The Kier molecular flexibility index (Phi) is 4.76. The molecular formula is C18H20O3. The van der Waals surface area contributed by atoms with Gasteiger partial charge >= 0.3 is 0 Å². The largest absolute Gasteiger partial charge is 0.485 e. The third-order valence-corrected chi connectivity index (χ3v) is 3.59. The topological polar surface area (TPSA) is 46.5 Å². The van der Waals surface area contributed by atoms with Crippen LogP contribution in [-0.4, -0.2) is 17.5 Å². The fraction of sp³-hybridized carbons (Fsp3) is 0.278. The highest BCUT2D eigenvalue weighted by atomic mass is 16.5. The maximum Gasteiger partial charge on any atom is 0.200 e. The number of aliphatic hydroxyl groups excluding tert-OH is 1. The Labute approximate surface area is 125 Å². The van der Waals surface area contributed by atoms with Crippen LogP contribution in [0.15, 0.2) is 36.4 Å². The van der Waals surface area contributed by atoms with E-state index in [1.807, 2.05) is 39.0 Å². The number of ether oxygens (including phenoxy) is 1. The molecule has 0 spiro atoms. The number of hydrogen-bond donors (Lipinski definition) is 1. The first-order chi connectivity index (χ1) is 10.0. The van der Waals surface area contributed by atoms with Crippen LogP contribution in [-0.2, 0) is 6.61 Å². The summed E-state index contributed by atoms with van der Waals surface area (Å²) in [5.41, 5.74) is 4.72. The summed E-state index contributed by atoms with van der Waals surface area (Å²) in [5.74, 6) is 0.557. The minimum Gasteiger partial charge on any atom is -0.485 e. The van der Waals surface area contributed by atoms with Crippen LogP contribution < -0.4 is 4.74 Å². The molecule has 0 bridgehead atoms. The number of hydrogen-bond acceptors (Lipinski definition) is 3. The number of Topliss-reactive ketones (excluding diaryl/α,β-unsaturated/α-hetero) is 1. The van der Waals surface area contributed by atoms with Gasteiger partial charge in [-0.05, 0) is 61.2 Å². The van der Waals surface area contributed by atoms with Crippen molar-refractivity contribution < 1.29 is 14.6 Å². The lowest BCUT2D eigenvalue weighted by molar-refractivity contribution is 0.0920. The first-order valence-electron chi connectivity index (χ1n) is 6.95. The highest BCUT2D eigenvalue weighted by Crippen LogP contribution is 2.17. The van der Waals surface area contributed by atoms with Gasteiger partial charge in [0.15, 0.2) is 12.4 Å². The molecule has 2 rings (SSSR count). The van der Waals surface area contributed by atoms with Crippen LogP contribution in [0, 0.1) is 20.8 Å². The molecular weight excluding hydrogens is 264 g/mol. The smallest absolute Gasteiger partial charge is 0.200 e. The maximum absolute atomic E-state index is 12.3. The van der Waals surface area contributed by atoms with Gasteiger partial charge in [0.2, 0.25) is 0 Å². The first-order valence-corrected chi connectivity index (χ1v) is 6.95. The number of rotatable bonds is 5. The van der Waals surface area contributed by atoms with Crippen molar-refractivity contribution >= 4 is 5.78 Å². The van der Waals surface area contributed by atoms with Gasteiger partial charge in [0, 0.05) is 5.56 Å². The van der Waals surface area contributed by atoms with Gasteiger partial charge in [-0.2, -0.15) is 0 Å². The molecule has 0 aliphatic rings. The Bertz CT molecular complexity index is 660. The second-order valence-electron chi connectivity index (χ2n) is 5.27. The highest BCUT2D eigenvalue weighted by molar-refractivity contribution is 5.98. The third-order valence-electron chi connectivity index (χ3n) is 3.59. The Morgan fingerprint density at radius 2 is 1.76 bits per heavy atom. The summed E-state index contributed by atoms with van der Waals surface area (Å²) in [6.07, 6.45) is 0. The second-order valence-corrected chi connectivity index (χ2v) is 5.27. The average Bonchev–Trinajstić information content (AvgIpc) is 2.48. The molecule has 0 atom stereocenters. The average molecular weight is 284 g/mol. The minimum atomic E-state index is -0.0403. The number of ketones is 1. The van der Waals surface area contributed by atoms with Gasteiger partial charge in [-0.15, -0.1) is 0 Å². The zero-order chi connectivity index (χ0) is 15.4. The van der Waals surface area contributed by atoms with Gasteiger partial charge < -0.3 is 9.84 Å². The van der Waals surface area contributed by atoms with Crippen LogP contribution in [0.1, 0.15) is 32.6 Å². The standard InChI is InChI=1S/C18H20O3/c1-12-7-14(3)17(8-13(12)2)18(20)11-21-16-6-4-5-15(9-16)10-19/h4-9,19H,10-11H2,1-3H3. The van der Waals surface area contributed by atoms with Crippen LogP contribution in [0.4, 0.5) is 0 Å². The Morgan fingerprint density at radius 1 is 1.05 bits per heavy atom. The van der Waals surface area contributed by atoms with Crippen molar-refractivity contribution in [3.63, 3.8) is 0 Å². The number of carbonyl (C=O) groups excluding carboxylic acids is 1. The van der Waals surface area contributed by atoms with Gasteiger partial charge in [0.05, 0.1) is 6.61 Å². The molecule has 2 aromatic rings. The second kappa shape index (κ2) is 6.55. The lowest BCUT2D eigenvalue weighted by atomic mass is 9.98. The zero-order valence-corrected chi connectivity index (χ0v) is 12.6. The zero-order valence-electron chi connectivity index (χ0n) is 12.6. The number of benzene rings is 2. The molecule has 0 unspecified atom stereocenters. The van der Waals surface area contributed by atoms with E-state index in [9.17, 15) is 4.79 Å². The van der Waals surface area contributed by atoms with Crippen molar-refractivity contribution in [1.29, 1.82) is 0 Å². The Morgan fingerprint density at radius 3 is 2.48 bits per heavy atom. The fourth-order valence-corrected chi connectivity index (χ4v) is 2.22. The van der Waals surface area contributed by atoms with Crippen molar-refractivity contribution in [2.24, 2.45) is 0 Å². The lowest BCUT2D eigenvalue weighted by Crippen LogP contribution is -2.13. The molecule has 0 saturated carbocycles. The van der Waals surface area contributed by atoms with E-state index in [4.69, 9.17) is 9.84 Å². The van der Waals surface area contributed by atoms with Crippen molar-refractivity contribution in [3.05, 3.63) is 64.2 Å². The maximum atomic E-state index is 12.3. The molecule has 0 heterocycles. The molecule has 0 aromatic heterocycles. The van der Waals surface area contributed by atoms with E-state index in [1.54, 1.807) is 18.2 Å². The quantitative estimate of drug-likeness (QED) is 0.856. The molecule has 1 N–H and O–H groups in total. The van der Waals surface area contributed by atoms with E-state index in [2.05, 4.69) is 0 Å². The summed E-state index contributed by atoms with van der Waals surface area (Å²) >= 11 is 0. The summed E-state index contributed by atoms with van der Waals surface area (Å²) in [4.78, 5) is 12.3. The summed E-state index contributed by atoms with van der Waals surface area (Å²) in [6.45, 7) is 5.93.